The lowest BCUT2D eigenvalue weighted by molar-refractivity contribution is 0.0697. The lowest BCUT2D eigenvalue weighted by Crippen LogP contribution is -1.96. The minimum Gasteiger partial charge on any atom is -0.478 e. The second kappa shape index (κ2) is 5.35. The maximum Gasteiger partial charge on any atom is 0.335 e. The predicted molar refractivity (Wildman–Crippen MR) is 84.2 cm³/mol. The molecule has 0 radical (unpaired) electrons. The largest absolute Gasteiger partial charge is 0.478 e. The minimum atomic E-state index is -0.978. The number of fused-ring (bicyclic) bond motifs is 1. The van der Waals surface area contributed by atoms with Gasteiger partial charge in [0.1, 0.15) is 0 Å². The standard InChI is InChI=1S/C16H9Cl2NO2/c17-10-2-3-12(14(18)8-10)11-5-6-19-15-4-1-9(16(20)21)7-13(11)15/h1-8H,(H,20,21). The molecule has 0 unspecified atom stereocenters. The van der Waals surface area contributed by atoms with Gasteiger partial charge in [0.2, 0.25) is 0 Å². The summed E-state index contributed by atoms with van der Waals surface area (Å²) in [5, 5.41) is 10.9. The van der Waals surface area contributed by atoms with Gasteiger partial charge >= 0.3 is 5.97 Å². The van der Waals surface area contributed by atoms with Crippen molar-refractivity contribution in [1.29, 1.82) is 0 Å². The molecule has 0 bridgehead atoms. The van der Waals surface area contributed by atoms with Crippen LogP contribution in [0.4, 0.5) is 0 Å². The molecule has 2 aromatic carbocycles. The van der Waals surface area contributed by atoms with Crippen LogP contribution in [0, 0.1) is 0 Å². The lowest BCUT2D eigenvalue weighted by atomic mass is 10.00. The number of carboxylic acids is 1. The van der Waals surface area contributed by atoms with E-state index in [4.69, 9.17) is 28.3 Å². The number of hydrogen-bond donors (Lipinski definition) is 1. The Morgan fingerprint density at radius 1 is 1.00 bits per heavy atom. The third kappa shape index (κ3) is 2.58. The molecule has 1 N–H and O–H groups in total. The number of carbonyl (C=O) groups is 1. The van der Waals surface area contributed by atoms with Gasteiger partial charge in [0.15, 0.2) is 0 Å². The van der Waals surface area contributed by atoms with Crippen LogP contribution in [0.1, 0.15) is 10.4 Å². The van der Waals surface area contributed by atoms with Crippen LogP contribution in [0.2, 0.25) is 10.0 Å². The molecule has 1 heterocycles. The lowest BCUT2D eigenvalue weighted by Gasteiger charge is -2.09. The highest BCUT2D eigenvalue weighted by atomic mass is 35.5. The van der Waals surface area contributed by atoms with Crippen molar-refractivity contribution in [3.63, 3.8) is 0 Å². The summed E-state index contributed by atoms with van der Waals surface area (Å²) in [5.74, 6) is -0.978. The fourth-order valence-corrected chi connectivity index (χ4v) is 2.73. The van der Waals surface area contributed by atoms with Crippen molar-refractivity contribution in [2.75, 3.05) is 0 Å². The maximum atomic E-state index is 11.1. The Balaban J connectivity index is 2.31. The second-order valence-electron chi connectivity index (χ2n) is 4.52. The number of rotatable bonds is 2. The molecular weight excluding hydrogens is 309 g/mol. The van der Waals surface area contributed by atoms with Crippen molar-refractivity contribution in [3.8, 4) is 11.1 Å². The van der Waals surface area contributed by atoms with Crippen LogP contribution in [0.5, 0.6) is 0 Å². The quantitative estimate of drug-likeness (QED) is 0.730. The van der Waals surface area contributed by atoms with E-state index in [-0.39, 0.29) is 5.56 Å². The number of pyridine rings is 1. The zero-order chi connectivity index (χ0) is 15.0. The van der Waals surface area contributed by atoms with Gasteiger partial charge in [-0.2, -0.15) is 0 Å². The molecule has 1 aromatic heterocycles. The van der Waals surface area contributed by atoms with Crippen molar-refractivity contribution < 1.29 is 9.90 Å². The number of carboxylic acid groups (broad SMARTS) is 1. The van der Waals surface area contributed by atoms with Crippen molar-refractivity contribution in [3.05, 3.63) is 64.3 Å². The number of halogens is 2. The van der Waals surface area contributed by atoms with E-state index in [0.717, 1.165) is 16.5 Å². The second-order valence-corrected chi connectivity index (χ2v) is 5.36. The Labute approximate surface area is 130 Å². The summed E-state index contributed by atoms with van der Waals surface area (Å²) < 4.78 is 0. The zero-order valence-corrected chi connectivity index (χ0v) is 12.2. The van der Waals surface area contributed by atoms with Crippen LogP contribution in [0.25, 0.3) is 22.0 Å². The van der Waals surface area contributed by atoms with Crippen molar-refractivity contribution in [1.82, 2.24) is 4.98 Å². The normalized spacial score (nSPS) is 10.8. The Hall–Kier alpha value is -2.10. The third-order valence-corrected chi connectivity index (χ3v) is 3.76. The van der Waals surface area contributed by atoms with Gasteiger partial charge < -0.3 is 5.11 Å². The van der Waals surface area contributed by atoms with Gasteiger partial charge in [-0.05, 0) is 42.0 Å². The predicted octanol–water partition coefficient (Wildman–Crippen LogP) is 4.91. The van der Waals surface area contributed by atoms with Crippen molar-refractivity contribution >= 4 is 40.1 Å². The maximum absolute atomic E-state index is 11.1. The average Bonchev–Trinajstić information content (AvgIpc) is 2.46. The van der Waals surface area contributed by atoms with Gasteiger partial charge in [-0.3, -0.25) is 4.98 Å². The van der Waals surface area contributed by atoms with Crippen LogP contribution in [-0.2, 0) is 0 Å². The molecule has 5 heteroatoms. The van der Waals surface area contributed by atoms with Crippen LogP contribution >= 0.6 is 23.2 Å². The van der Waals surface area contributed by atoms with E-state index in [1.165, 1.54) is 6.07 Å². The monoisotopic (exact) mass is 317 g/mol. The Bertz CT molecular complexity index is 862. The first kappa shape index (κ1) is 13.9. The smallest absolute Gasteiger partial charge is 0.335 e. The fraction of sp³-hybridized carbons (Fsp3) is 0. The zero-order valence-electron chi connectivity index (χ0n) is 10.7. The molecule has 104 valence electrons. The highest BCUT2D eigenvalue weighted by Gasteiger charge is 2.11. The Kier molecular flexibility index (Phi) is 3.53. The number of aromatic carboxylic acids is 1. The summed E-state index contributed by atoms with van der Waals surface area (Å²) in [6.07, 6.45) is 1.67. The molecule has 21 heavy (non-hydrogen) atoms. The topological polar surface area (TPSA) is 50.2 Å². The van der Waals surface area contributed by atoms with E-state index in [2.05, 4.69) is 4.98 Å². The number of aromatic nitrogens is 1. The summed E-state index contributed by atoms with van der Waals surface area (Å²) in [7, 11) is 0. The first-order valence-corrected chi connectivity index (χ1v) is 6.89. The summed E-state index contributed by atoms with van der Waals surface area (Å²) in [6, 6.07) is 11.8. The summed E-state index contributed by atoms with van der Waals surface area (Å²) in [5.41, 5.74) is 2.53. The highest BCUT2D eigenvalue weighted by molar-refractivity contribution is 6.36. The number of hydrogen-bond acceptors (Lipinski definition) is 2. The van der Waals surface area contributed by atoms with Gasteiger partial charge in [-0.25, -0.2) is 4.79 Å². The van der Waals surface area contributed by atoms with Crippen molar-refractivity contribution in [2.24, 2.45) is 0 Å². The summed E-state index contributed by atoms with van der Waals surface area (Å²) >= 11 is 12.2. The highest BCUT2D eigenvalue weighted by Crippen LogP contribution is 2.34. The minimum absolute atomic E-state index is 0.210. The van der Waals surface area contributed by atoms with E-state index in [9.17, 15) is 4.79 Å². The first-order chi connectivity index (χ1) is 10.1. The molecule has 0 spiro atoms. The molecule has 0 aliphatic rings. The molecule has 0 saturated carbocycles. The van der Waals surface area contributed by atoms with Crippen LogP contribution in [0.15, 0.2) is 48.7 Å². The van der Waals surface area contributed by atoms with Crippen LogP contribution in [0.3, 0.4) is 0 Å². The van der Waals surface area contributed by atoms with Gasteiger partial charge in [0.25, 0.3) is 0 Å². The first-order valence-electron chi connectivity index (χ1n) is 6.14. The molecule has 0 aliphatic carbocycles. The van der Waals surface area contributed by atoms with E-state index in [0.29, 0.717) is 15.6 Å². The fourth-order valence-electron chi connectivity index (χ4n) is 2.22. The van der Waals surface area contributed by atoms with Crippen LogP contribution < -0.4 is 0 Å². The van der Waals surface area contributed by atoms with E-state index >= 15 is 0 Å². The molecule has 0 aliphatic heterocycles. The Morgan fingerprint density at radius 3 is 2.52 bits per heavy atom. The molecular formula is C16H9Cl2NO2. The molecule has 3 rings (SSSR count). The van der Waals surface area contributed by atoms with Gasteiger partial charge in [0, 0.05) is 27.2 Å². The van der Waals surface area contributed by atoms with Gasteiger partial charge in [-0.15, -0.1) is 0 Å². The summed E-state index contributed by atoms with van der Waals surface area (Å²) in [6.45, 7) is 0. The molecule has 0 fully saturated rings. The van der Waals surface area contributed by atoms with E-state index < -0.39 is 5.97 Å². The molecule has 3 nitrogen and oxygen atoms in total. The molecule has 0 amide bonds. The van der Waals surface area contributed by atoms with Gasteiger partial charge in [0.05, 0.1) is 11.1 Å². The molecule has 0 atom stereocenters. The molecule has 0 saturated heterocycles. The average molecular weight is 318 g/mol. The SMILES string of the molecule is O=C(O)c1ccc2nccc(-c3ccc(Cl)cc3Cl)c2c1. The Morgan fingerprint density at radius 2 is 1.81 bits per heavy atom. The molecule has 3 aromatic rings. The van der Waals surface area contributed by atoms with E-state index in [1.807, 2.05) is 12.1 Å². The summed E-state index contributed by atoms with van der Waals surface area (Å²) in [4.78, 5) is 15.4. The van der Waals surface area contributed by atoms with Gasteiger partial charge in [-0.1, -0.05) is 29.3 Å². The van der Waals surface area contributed by atoms with Crippen molar-refractivity contribution in [2.45, 2.75) is 0 Å². The number of nitrogens with zero attached hydrogens (tertiary/aromatic N) is 1. The number of benzene rings is 2. The van der Waals surface area contributed by atoms with E-state index in [1.54, 1.807) is 30.5 Å². The van der Waals surface area contributed by atoms with Crippen LogP contribution in [-0.4, -0.2) is 16.1 Å². The third-order valence-electron chi connectivity index (χ3n) is 3.21.